The molecule has 2 amide bonds. The fraction of sp³-hybridized carbons (Fsp3) is 0. The fourth-order valence-electron chi connectivity index (χ4n) is 2.59. The maximum atomic E-state index is 12.5. The quantitative estimate of drug-likeness (QED) is 0.579. The summed E-state index contributed by atoms with van der Waals surface area (Å²) in [5, 5.41) is 6.19. The van der Waals surface area contributed by atoms with Crippen LogP contribution in [0.2, 0.25) is 0 Å². The number of aromatic nitrogens is 2. The van der Waals surface area contributed by atoms with Crippen LogP contribution in [0.5, 0.6) is 0 Å². The van der Waals surface area contributed by atoms with E-state index in [2.05, 4.69) is 20.6 Å². The summed E-state index contributed by atoms with van der Waals surface area (Å²) < 4.78 is 5.18. The number of hydrogen-bond donors (Lipinski definition) is 2. The zero-order valence-corrected chi connectivity index (χ0v) is 14.0. The number of hydrogen-bond acceptors (Lipinski definition) is 5. The molecule has 132 valence electrons. The van der Waals surface area contributed by atoms with Crippen molar-refractivity contribution in [2.75, 3.05) is 10.6 Å². The van der Waals surface area contributed by atoms with E-state index < -0.39 is 5.91 Å². The number of para-hydroxylation sites is 1. The van der Waals surface area contributed by atoms with Crippen LogP contribution in [0, 0.1) is 0 Å². The van der Waals surface area contributed by atoms with Gasteiger partial charge in [0.25, 0.3) is 11.8 Å². The Kier molecular flexibility index (Phi) is 4.32. The summed E-state index contributed by atoms with van der Waals surface area (Å²) in [5.41, 5.74) is 1.75. The minimum absolute atomic E-state index is 0.0475. The molecule has 2 aromatic carbocycles. The Hall–Kier alpha value is -4.00. The molecule has 0 aliphatic heterocycles. The van der Waals surface area contributed by atoms with Gasteiger partial charge in [0.05, 0.1) is 11.2 Å². The molecule has 0 saturated heterocycles. The number of nitrogens with zero attached hydrogens (tertiary/aromatic N) is 2. The van der Waals surface area contributed by atoms with Crippen molar-refractivity contribution < 1.29 is 14.0 Å². The normalized spacial score (nSPS) is 10.5. The van der Waals surface area contributed by atoms with E-state index in [9.17, 15) is 9.59 Å². The largest absolute Gasteiger partial charge is 0.431 e. The summed E-state index contributed by atoms with van der Waals surface area (Å²) in [5.74, 6) is -0.834. The van der Waals surface area contributed by atoms with Crippen LogP contribution in [0.3, 0.4) is 0 Å². The molecule has 0 spiro atoms. The molecular formula is C20H14N4O3. The van der Waals surface area contributed by atoms with Crippen LogP contribution in [-0.4, -0.2) is 21.8 Å². The lowest BCUT2D eigenvalue weighted by atomic mass is 10.2. The SMILES string of the molecule is O=C(Nc1nc(C(=O)Nc2cccc3cccnc23)co1)c1ccccc1. The molecule has 0 aliphatic rings. The zero-order valence-electron chi connectivity index (χ0n) is 14.0. The van der Waals surface area contributed by atoms with E-state index in [1.165, 1.54) is 6.26 Å². The van der Waals surface area contributed by atoms with Crippen molar-refractivity contribution in [3.63, 3.8) is 0 Å². The molecule has 0 unspecified atom stereocenters. The van der Waals surface area contributed by atoms with Gasteiger partial charge < -0.3 is 9.73 Å². The van der Waals surface area contributed by atoms with Crippen molar-refractivity contribution in [3.8, 4) is 0 Å². The average molecular weight is 358 g/mol. The third-order valence-corrected chi connectivity index (χ3v) is 3.87. The first-order valence-electron chi connectivity index (χ1n) is 8.18. The summed E-state index contributed by atoms with van der Waals surface area (Å²) in [6.07, 6.45) is 2.85. The standard InChI is InChI=1S/C20H14N4O3/c25-18(14-6-2-1-3-7-14)24-20-23-16(12-27-20)19(26)22-15-10-4-8-13-9-5-11-21-17(13)15/h1-12H,(H,22,26)(H,23,24,25). The predicted octanol–water partition coefficient (Wildman–Crippen LogP) is 3.73. The molecule has 2 heterocycles. The second kappa shape index (κ2) is 7.09. The Labute approximate surface area is 154 Å². The zero-order chi connectivity index (χ0) is 18.6. The van der Waals surface area contributed by atoms with Crippen molar-refractivity contribution in [1.82, 2.24) is 9.97 Å². The van der Waals surface area contributed by atoms with Crippen LogP contribution in [0.15, 0.2) is 77.5 Å². The summed E-state index contributed by atoms with van der Waals surface area (Å²) in [7, 11) is 0. The van der Waals surface area contributed by atoms with Gasteiger partial charge in [-0.1, -0.05) is 36.4 Å². The molecule has 0 fully saturated rings. The molecule has 0 atom stereocenters. The summed E-state index contributed by atoms with van der Waals surface area (Å²) >= 11 is 0. The molecule has 4 rings (SSSR count). The van der Waals surface area contributed by atoms with E-state index in [0.717, 1.165) is 5.39 Å². The van der Waals surface area contributed by atoms with Gasteiger partial charge in [-0.25, -0.2) is 0 Å². The van der Waals surface area contributed by atoms with Gasteiger partial charge in [-0.2, -0.15) is 4.98 Å². The van der Waals surface area contributed by atoms with E-state index in [1.54, 1.807) is 36.5 Å². The predicted molar refractivity (Wildman–Crippen MR) is 101 cm³/mol. The summed E-state index contributed by atoms with van der Waals surface area (Å²) in [6.45, 7) is 0. The lowest BCUT2D eigenvalue weighted by Gasteiger charge is -2.06. The first kappa shape index (κ1) is 16.5. The smallest absolute Gasteiger partial charge is 0.302 e. The molecule has 7 nitrogen and oxygen atoms in total. The van der Waals surface area contributed by atoms with Crippen molar-refractivity contribution in [2.24, 2.45) is 0 Å². The fourth-order valence-corrected chi connectivity index (χ4v) is 2.59. The van der Waals surface area contributed by atoms with E-state index in [-0.39, 0.29) is 17.6 Å². The van der Waals surface area contributed by atoms with Gasteiger partial charge in [-0.05, 0) is 24.3 Å². The summed E-state index contributed by atoms with van der Waals surface area (Å²) in [4.78, 5) is 32.9. The van der Waals surface area contributed by atoms with E-state index in [1.807, 2.05) is 30.3 Å². The van der Waals surface area contributed by atoms with Crippen molar-refractivity contribution in [1.29, 1.82) is 0 Å². The van der Waals surface area contributed by atoms with E-state index in [0.29, 0.717) is 16.8 Å². The molecular weight excluding hydrogens is 344 g/mol. The Balaban J connectivity index is 1.49. The third-order valence-electron chi connectivity index (χ3n) is 3.87. The van der Waals surface area contributed by atoms with Gasteiger partial charge in [0.2, 0.25) is 0 Å². The Morgan fingerprint density at radius 1 is 0.852 bits per heavy atom. The van der Waals surface area contributed by atoms with Crippen LogP contribution in [0.4, 0.5) is 11.7 Å². The summed E-state index contributed by atoms with van der Waals surface area (Å²) in [6, 6.07) is 17.8. The molecule has 27 heavy (non-hydrogen) atoms. The Morgan fingerprint density at radius 3 is 2.52 bits per heavy atom. The van der Waals surface area contributed by atoms with E-state index in [4.69, 9.17) is 4.42 Å². The number of benzene rings is 2. The highest BCUT2D eigenvalue weighted by molar-refractivity contribution is 6.08. The van der Waals surface area contributed by atoms with Crippen LogP contribution >= 0.6 is 0 Å². The van der Waals surface area contributed by atoms with Crippen LogP contribution in [-0.2, 0) is 0 Å². The topological polar surface area (TPSA) is 97.1 Å². The lowest BCUT2D eigenvalue weighted by molar-refractivity contribution is 0.101. The molecule has 0 aliphatic carbocycles. The van der Waals surface area contributed by atoms with Gasteiger partial charge >= 0.3 is 6.01 Å². The number of oxazole rings is 1. The molecule has 7 heteroatoms. The van der Waals surface area contributed by atoms with Gasteiger partial charge in [-0.3, -0.25) is 19.9 Å². The number of carbonyl (C=O) groups is 2. The Morgan fingerprint density at radius 2 is 1.67 bits per heavy atom. The minimum Gasteiger partial charge on any atom is -0.431 e. The van der Waals surface area contributed by atoms with Crippen LogP contribution in [0.25, 0.3) is 10.9 Å². The van der Waals surface area contributed by atoms with Crippen LogP contribution in [0.1, 0.15) is 20.8 Å². The second-order valence-corrected chi connectivity index (χ2v) is 5.69. The number of rotatable bonds is 4. The number of pyridine rings is 1. The monoisotopic (exact) mass is 358 g/mol. The second-order valence-electron chi connectivity index (χ2n) is 5.69. The number of anilines is 2. The first-order valence-corrected chi connectivity index (χ1v) is 8.18. The lowest BCUT2D eigenvalue weighted by Crippen LogP contribution is -2.14. The molecule has 0 bridgehead atoms. The number of amides is 2. The highest BCUT2D eigenvalue weighted by Crippen LogP contribution is 2.21. The molecule has 0 saturated carbocycles. The number of fused-ring (bicyclic) bond motifs is 1. The molecule has 0 radical (unpaired) electrons. The van der Waals surface area contributed by atoms with Gasteiger partial charge in [0.1, 0.15) is 6.26 Å². The highest BCUT2D eigenvalue weighted by Gasteiger charge is 2.16. The average Bonchev–Trinajstić information content (AvgIpc) is 3.17. The number of carbonyl (C=O) groups excluding carboxylic acids is 2. The molecule has 2 aromatic heterocycles. The maximum Gasteiger partial charge on any atom is 0.302 e. The molecule has 4 aromatic rings. The Bertz CT molecular complexity index is 1120. The maximum absolute atomic E-state index is 12.5. The first-order chi connectivity index (χ1) is 13.2. The minimum atomic E-state index is -0.461. The van der Waals surface area contributed by atoms with Crippen LogP contribution < -0.4 is 10.6 Å². The van der Waals surface area contributed by atoms with Gasteiger partial charge in [-0.15, -0.1) is 0 Å². The van der Waals surface area contributed by atoms with Crippen molar-refractivity contribution >= 4 is 34.4 Å². The van der Waals surface area contributed by atoms with Crippen molar-refractivity contribution in [3.05, 3.63) is 84.4 Å². The van der Waals surface area contributed by atoms with E-state index >= 15 is 0 Å². The van der Waals surface area contributed by atoms with Gasteiger partial charge in [0, 0.05) is 17.1 Å². The highest BCUT2D eigenvalue weighted by atomic mass is 16.4. The molecule has 2 N–H and O–H groups in total. The number of nitrogens with one attached hydrogen (secondary N) is 2. The van der Waals surface area contributed by atoms with Crippen molar-refractivity contribution in [2.45, 2.75) is 0 Å². The third kappa shape index (κ3) is 3.52. The van der Waals surface area contributed by atoms with Gasteiger partial charge in [0.15, 0.2) is 5.69 Å².